The van der Waals surface area contributed by atoms with Gasteiger partial charge in [-0.1, -0.05) is 19.9 Å². The van der Waals surface area contributed by atoms with Crippen LogP contribution in [0, 0.1) is 0 Å². The van der Waals surface area contributed by atoms with Crippen molar-refractivity contribution in [3.63, 3.8) is 0 Å². The molecule has 0 saturated heterocycles. The summed E-state index contributed by atoms with van der Waals surface area (Å²) in [5, 5.41) is 0. The van der Waals surface area contributed by atoms with Gasteiger partial charge < -0.3 is 4.74 Å². The quantitative estimate of drug-likeness (QED) is 0.808. The Morgan fingerprint density at radius 2 is 1.94 bits per heavy atom. The van der Waals surface area contributed by atoms with Crippen molar-refractivity contribution in [1.29, 1.82) is 0 Å². The van der Waals surface area contributed by atoms with Gasteiger partial charge in [-0.3, -0.25) is 4.98 Å². The van der Waals surface area contributed by atoms with Crippen molar-refractivity contribution >= 4 is 0 Å². The molecule has 0 N–H and O–H groups in total. The zero-order chi connectivity index (χ0) is 12.3. The zero-order valence-electron chi connectivity index (χ0n) is 10.3. The molecule has 0 unspecified atom stereocenters. The van der Waals surface area contributed by atoms with E-state index in [0.717, 1.165) is 17.0 Å². The van der Waals surface area contributed by atoms with Crippen molar-refractivity contribution in [1.82, 2.24) is 9.97 Å². The van der Waals surface area contributed by atoms with E-state index in [4.69, 9.17) is 4.74 Å². The molecule has 88 valence electrons. The first-order valence-electron chi connectivity index (χ1n) is 5.68. The van der Waals surface area contributed by atoms with Crippen LogP contribution in [0.2, 0.25) is 0 Å². The smallest absolute Gasteiger partial charge is 0.212 e. The molecule has 2 aromatic rings. The van der Waals surface area contributed by atoms with E-state index < -0.39 is 0 Å². The second kappa shape index (κ2) is 4.95. The molecule has 0 aliphatic carbocycles. The maximum absolute atomic E-state index is 5.04. The Labute approximate surface area is 102 Å². The maximum Gasteiger partial charge on any atom is 0.212 e. The average molecular weight is 228 g/mol. The average Bonchev–Trinajstić information content (AvgIpc) is 2.39. The number of ether oxygens (including phenoxy) is 1. The Morgan fingerprint density at radius 1 is 1.12 bits per heavy atom. The standard InChI is InChI=1S/C14H16N2O/c1-10(2)12-5-4-6-13(16-12)11-7-8-14(17-3)15-9-11/h4-10H,1-3H3. The van der Waals surface area contributed by atoms with E-state index in [-0.39, 0.29) is 0 Å². The third-order valence-corrected chi connectivity index (χ3v) is 2.60. The second-order valence-corrected chi connectivity index (χ2v) is 4.19. The summed E-state index contributed by atoms with van der Waals surface area (Å²) in [7, 11) is 1.61. The molecule has 2 aromatic heterocycles. The Kier molecular flexibility index (Phi) is 3.38. The van der Waals surface area contributed by atoms with Crippen molar-refractivity contribution in [2.75, 3.05) is 7.11 Å². The van der Waals surface area contributed by atoms with Gasteiger partial charge in [0.1, 0.15) is 0 Å². The summed E-state index contributed by atoms with van der Waals surface area (Å²) in [5.41, 5.74) is 3.05. The molecular weight excluding hydrogens is 212 g/mol. The van der Waals surface area contributed by atoms with Crippen LogP contribution in [0.25, 0.3) is 11.3 Å². The highest BCUT2D eigenvalue weighted by molar-refractivity contribution is 5.58. The van der Waals surface area contributed by atoms with Crippen LogP contribution in [0.1, 0.15) is 25.5 Å². The Balaban J connectivity index is 2.35. The highest BCUT2D eigenvalue weighted by atomic mass is 16.5. The molecule has 0 spiro atoms. The largest absolute Gasteiger partial charge is 0.481 e. The lowest BCUT2D eigenvalue weighted by molar-refractivity contribution is 0.398. The molecule has 0 aliphatic heterocycles. The van der Waals surface area contributed by atoms with E-state index in [1.807, 2.05) is 30.3 Å². The Morgan fingerprint density at radius 3 is 2.53 bits per heavy atom. The number of hydrogen-bond donors (Lipinski definition) is 0. The van der Waals surface area contributed by atoms with Crippen LogP contribution >= 0.6 is 0 Å². The van der Waals surface area contributed by atoms with Crippen LogP contribution in [-0.4, -0.2) is 17.1 Å². The lowest BCUT2D eigenvalue weighted by Crippen LogP contribution is -1.94. The lowest BCUT2D eigenvalue weighted by Gasteiger charge is -2.07. The van der Waals surface area contributed by atoms with Gasteiger partial charge in [-0.25, -0.2) is 4.98 Å². The van der Waals surface area contributed by atoms with Gasteiger partial charge in [0.05, 0.1) is 12.8 Å². The summed E-state index contributed by atoms with van der Waals surface area (Å²) in [6.45, 7) is 4.27. The molecule has 0 bridgehead atoms. The summed E-state index contributed by atoms with van der Waals surface area (Å²) in [4.78, 5) is 8.80. The van der Waals surface area contributed by atoms with Crippen molar-refractivity contribution in [3.05, 3.63) is 42.2 Å². The fraction of sp³-hybridized carbons (Fsp3) is 0.286. The highest BCUT2D eigenvalue weighted by Gasteiger charge is 2.04. The minimum atomic E-state index is 0.432. The van der Waals surface area contributed by atoms with Crippen LogP contribution in [0.15, 0.2) is 36.5 Å². The molecule has 3 nitrogen and oxygen atoms in total. The molecular formula is C14H16N2O. The molecule has 0 radical (unpaired) electrons. The van der Waals surface area contributed by atoms with Crippen molar-refractivity contribution in [2.45, 2.75) is 19.8 Å². The maximum atomic E-state index is 5.04. The number of rotatable bonds is 3. The minimum absolute atomic E-state index is 0.432. The summed E-state index contributed by atoms with van der Waals surface area (Å²) in [6.07, 6.45) is 1.78. The predicted octanol–water partition coefficient (Wildman–Crippen LogP) is 3.28. The minimum Gasteiger partial charge on any atom is -0.481 e. The second-order valence-electron chi connectivity index (χ2n) is 4.19. The van der Waals surface area contributed by atoms with Gasteiger partial charge in [-0.05, 0) is 24.1 Å². The molecule has 0 aliphatic rings. The lowest BCUT2D eigenvalue weighted by atomic mass is 10.1. The number of pyridine rings is 2. The predicted molar refractivity (Wildman–Crippen MR) is 68.1 cm³/mol. The van der Waals surface area contributed by atoms with E-state index in [0.29, 0.717) is 11.8 Å². The van der Waals surface area contributed by atoms with Crippen molar-refractivity contribution < 1.29 is 4.74 Å². The third kappa shape index (κ3) is 2.61. The normalized spacial score (nSPS) is 10.6. The van der Waals surface area contributed by atoms with E-state index in [9.17, 15) is 0 Å². The van der Waals surface area contributed by atoms with Crippen LogP contribution in [0.4, 0.5) is 0 Å². The van der Waals surface area contributed by atoms with Crippen LogP contribution in [0.5, 0.6) is 5.88 Å². The molecule has 0 amide bonds. The van der Waals surface area contributed by atoms with Gasteiger partial charge in [0.2, 0.25) is 5.88 Å². The molecule has 0 fully saturated rings. The number of hydrogen-bond acceptors (Lipinski definition) is 3. The Bertz CT molecular complexity index is 492. The van der Waals surface area contributed by atoms with Crippen LogP contribution < -0.4 is 4.74 Å². The van der Waals surface area contributed by atoms with Gasteiger partial charge in [-0.15, -0.1) is 0 Å². The topological polar surface area (TPSA) is 35.0 Å². The van der Waals surface area contributed by atoms with E-state index in [1.54, 1.807) is 13.3 Å². The number of nitrogens with zero attached hydrogens (tertiary/aromatic N) is 2. The summed E-state index contributed by atoms with van der Waals surface area (Å²) in [5.74, 6) is 1.05. The number of methoxy groups -OCH3 is 1. The molecule has 0 aromatic carbocycles. The fourth-order valence-corrected chi connectivity index (χ4v) is 1.59. The molecule has 2 heterocycles. The summed E-state index contributed by atoms with van der Waals surface area (Å²) >= 11 is 0. The van der Waals surface area contributed by atoms with Crippen molar-refractivity contribution in [3.8, 4) is 17.1 Å². The van der Waals surface area contributed by atoms with E-state index >= 15 is 0 Å². The van der Waals surface area contributed by atoms with Gasteiger partial charge in [-0.2, -0.15) is 0 Å². The first-order chi connectivity index (χ1) is 8.20. The van der Waals surface area contributed by atoms with Gasteiger partial charge >= 0.3 is 0 Å². The zero-order valence-corrected chi connectivity index (χ0v) is 10.3. The van der Waals surface area contributed by atoms with Gasteiger partial charge in [0.15, 0.2) is 0 Å². The Hall–Kier alpha value is -1.90. The van der Waals surface area contributed by atoms with Gasteiger partial charge in [0, 0.05) is 23.5 Å². The number of aromatic nitrogens is 2. The van der Waals surface area contributed by atoms with E-state index in [2.05, 4.69) is 23.8 Å². The van der Waals surface area contributed by atoms with Crippen molar-refractivity contribution in [2.24, 2.45) is 0 Å². The van der Waals surface area contributed by atoms with E-state index in [1.165, 1.54) is 0 Å². The molecule has 0 atom stereocenters. The fourth-order valence-electron chi connectivity index (χ4n) is 1.59. The summed E-state index contributed by atoms with van der Waals surface area (Å²) < 4.78 is 5.04. The molecule has 17 heavy (non-hydrogen) atoms. The third-order valence-electron chi connectivity index (χ3n) is 2.60. The highest BCUT2D eigenvalue weighted by Crippen LogP contribution is 2.20. The monoisotopic (exact) mass is 228 g/mol. The first kappa shape index (κ1) is 11.6. The van der Waals surface area contributed by atoms with Gasteiger partial charge in [0.25, 0.3) is 0 Å². The molecule has 0 saturated carbocycles. The molecule has 3 heteroatoms. The van der Waals surface area contributed by atoms with Crippen LogP contribution in [-0.2, 0) is 0 Å². The summed E-state index contributed by atoms with van der Waals surface area (Å²) in [6, 6.07) is 9.89. The van der Waals surface area contributed by atoms with Crippen LogP contribution in [0.3, 0.4) is 0 Å². The first-order valence-corrected chi connectivity index (χ1v) is 5.68. The SMILES string of the molecule is COc1ccc(-c2cccc(C(C)C)n2)cn1. The molecule has 2 rings (SSSR count).